The minimum Gasteiger partial charge on any atom is -0.482 e. The van der Waals surface area contributed by atoms with Gasteiger partial charge in [-0.1, -0.05) is 56.7 Å². The van der Waals surface area contributed by atoms with Crippen molar-refractivity contribution in [3.63, 3.8) is 0 Å². The fraction of sp³-hybridized carbons (Fsp3) is 0.357. The molecule has 3 aromatic rings. The van der Waals surface area contributed by atoms with Crippen LogP contribution in [0.5, 0.6) is 5.75 Å². The second-order valence-corrected chi connectivity index (χ2v) is 11.4. The van der Waals surface area contributed by atoms with Crippen molar-refractivity contribution < 1.29 is 23.1 Å². The molecule has 0 saturated carbocycles. The largest absolute Gasteiger partial charge is 0.482 e. The zero-order chi connectivity index (χ0) is 25.9. The van der Waals surface area contributed by atoms with Crippen molar-refractivity contribution in [2.75, 3.05) is 13.7 Å². The van der Waals surface area contributed by atoms with E-state index in [1.807, 2.05) is 18.2 Å². The number of nitrogens with zero attached hydrogens (tertiary/aromatic N) is 2. The Balaban J connectivity index is 1.62. The number of aliphatic carboxylic acids is 1. The highest BCUT2D eigenvalue weighted by Gasteiger charge is 2.33. The number of ether oxygens (including phenoxy) is 1. The van der Waals surface area contributed by atoms with Gasteiger partial charge in [-0.25, -0.2) is 18.2 Å². The van der Waals surface area contributed by atoms with Gasteiger partial charge in [-0.15, -0.1) is 0 Å². The van der Waals surface area contributed by atoms with Gasteiger partial charge >= 0.3 is 5.97 Å². The molecule has 0 aliphatic heterocycles. The molecule has 1 atom stereocenters. The van der Waals surface area contributed by atoms with Gasteiger partial charge < -0.3 is 9.84 Å². The van der Waals surface area contributed by atoms with E-state index in [0.717, 1.165) is 35.1 Å². The van der Waals surface area contributed by atoms with E-state index in [2.05, 4.69) is 31.0 Å². The Bertz CT molecular complexity index is 1340. The van der Waals surface area contributed by atoms with Crippen LogP contribution in [0.4, 0.5) is 0 Å². The van der Waals surface area contributed by atoms with Gasteiger partial charge in [0.05, 0.1) is 6.04 Å². The molecule has 0 bridgehead atoms. The number of carboxylic acid groups (broad SMARTS) is 1. The van der Waals surface area contributed by atoms with E-state index >= 15 is 0 Å². The molecule has 0 saturated heterocycles. The molecular weight excluding hydrogens is 476 g/mol. The molecule has 1 N–H and O–H groups in total. The lowest BCUT2D eigenvalue weighted by Gasteiger charge is -2.28. The van der Waals surface area contributed by atoms with Crippen LogP contribution in [0, 0.1) is 0 Å². The molecule has 1 aromatic heterocycles. The van der Waals surface area contributed by atoms with Crippen molar-refractivity contribution in [1.29, 1.82) is 0 Å². The predicted molar refractivity (Wildman–Crippen MR) is 139 cm³/mol. The molecule has 0 amide bonds. The van der Waals surface area contributed by atoms with Gasteiger partial charge in [-0.05, 0) is 65.6 Å². The maximum atomic E-state index is 13.6. The second-order valence-electron chi connectivity index (χ2n) is 9.45. The summed E-state index contributed by atoms with van der Waals surface area (Å²) in [5.41, 5.74) is 4.79. The first-order chi connectivity index (χ1) is 17.2. The number of fused-ring (bicyclic) bond motifs is 1. The molecule has 0 spiro atoms. The van der Waals surface area contributed by atoms with E-state index in [9.17, 15) is 13.2 Å². The lowest BCUT2D eigenvalue weighted by atomic mass is 9.98. The van der Waals surface area contributed by atoms with Crippen molar-refractivity contribution in [2.45, 2.75) is 56.5 Å². The average molecular weight is 509 g/mol. The minimum atomic E-state index is -3.87. The van der Waals surface area contributed by atoms with Crippen LogP contribution in [0.15, 0.2) is 65.8 Å². The number of hydrogen-bond donors (Lipinski definition) is 1. The summed E-state index contributed by atoms with van der Waals surface area (Å²) in [6.45, 7) is 3.83. The number of aromatic nitrogens is 1. The molecular formula is C28H32N2O5S. The number of sulfonamides is 1. The molecule has 7 nitrogen and oxygen atoms in total. The Labute approximate surface area is 212 Å². The summed E-state index contributed by atoms with van der Waals surface area (Å²) >= 11 is 0. The average Bonchev–Trinajstić information content (AvgIpc) is 3.10. The van der Waals surface area contributed by atoms with Gasteiger partial charge in [-0.2, -0.15) is 4.31 Å². The zero-order valence-corrected chi connectivity index (χ0v) is 21.7. The highest BCUT2D eigenvalue weighted by molar-refractivity contribution is 7.89. The van der Waals surface area contributed by atoms with E-state index in [4.69, 9.17) is 9.84 Å². The van der Waals surface area contributed by atoms with Crippen molar-refractivity contribution in [2.24, 2.45) is 0 Å². The standard InChI is InChI=1S/C28H32N2O5S/c1-19(2)20-8-6-9-21(16-20)22-14-15-27(29-17-22)36(33,34)30(3)25-12-5-4-10-24-23(25)11-7-13-26(24)35-18-28(31)32/h6-9,11,13-17,19,25H,4-5,10,12,18H2,1-3H3,(H,31,32). The van der Waals surface area contributed by atoms with Crippen LogP contribution in [-0.4, -0.2) is 42.4 Å². The summed E-state index contributed by atoms with van der Waals surface area (Å²) in [5.74, 6) is -0.162. The normalized spacial score (nSPS) is 16.0. The summed E-state index contributed by atoms with van der Waals surface area (Å²) in [5, 5.41) is 9.02. The fourth-order valence-electron chi connectivity index (χ4n) is 4.71. The van der Waals surface area contributed by atoms with Crippen LogP contribution in [0.1, 0.15) is 61.8 Å². The molecule has 1 heterocycles. The fourth-order valence-corrected chi connectivity index (χ4v) is 5.98. The van der Waals surface area contributed by atoms with Crippen LogP contribution >= 0.6 is 0 Å². The molecule has 1 aliphatic rings. The molecule has 8 heteroatoms. The summed E-state index contributed by atoms with van der Waals surface area (Å²) in [7, 11) is -2.28. The summed E-state index contributed by atoms with van der Waals surface area (Å²) in [6.07, 6.45) is 4.69. The number of hydrogen-bond acceptors (Lipinski definition) is 5. The first-order valence-electron chi connectivity index (χ1n) is 12.2. The van der Waals surface area contributed by atoms with Gasteiger partial charge in [0.25, 0.3) is 10.0 Å². The molecule has 1 unspecified atom stereocenters. The quantitative estimate of drug-likeness (QED) is 0.408. The Morgan fingerprint density at radius 3 is 2.58 bits per heavy atom. The van der Waals surface area contributed by atoms with Gasteiger partial charge in [0.1, 0.15) is 5.75 Å². The van der Waals surface area contributed by atoms with Crippen molar-refractivity contribution in [3.05, 3.63) is 77.5 Å². The maximum Gasteiger partial charge on any atom is 0.341 e. The van der Waals surface area contributed by atoms with Gasteiger partial charge in [0, 0.05) is 18.8 Å². The third-order valence-corrected chi connectivity index (χ3v) is 8.52. The van der Waals surface area contributed by atoms with Gasteiger partial charge in [0.2, 0.25) is 0 Å². The highest BCUT2D eigenvalue weighted by atomic mass is 32.2. The van der Waals surface area contributed by atoms with E-state index in [1.165, 1.54) is 9.87 Å². The number of carboxylic acids is 1. The lowest BCUT2D eigenvalue weighted by molar-refractivity contribution is -0.139. The first-order valence-corrected chi connectivity index (χ1v) is 13.6. The smallest absolute Gasteiger partial charge is 0.341 e. The zero-order valence-electron chi connectivity index (χ0n) is 20.8. The third-order valence-electron chi connectivity index (χ3n) is 6.74. The van der Waals surface area contributed by atoms with Crippen molar-refractivity contribution in [1.82, 2.24) is 9.29 Å². The third kappa shape index (κ3) is 5.44. The SMILES string of the molecule is CC(C)c1cccc(-c2ccc(S(=O)(=O)N(C)C3CCCCc4c(OCC(=O)O)cccc43)nc2)c1. The van der Waals surface area contributed by atoms with Crippen LogP contribution in [0.2, 0.25) is 0 Å². The van der Waals surface area contributed by atoms with Crippen LogP contribution in [-0.2, 0) is 21.2 Å². The Kier molecular flexibility index (Phi) is 7.76. The van der Waals surface area contributed by atoms with Crippen LogP contribution in [0.25, 0.3) is 11.1 Å². The molecule has 1 aliphatic carbocycles. The topological polar surface area (TPSA) is 96.8 Å². The lowest BCUT2D eigenvalue weighted by Crippen LogP contribution is -2.32. The van der Waals surface area contributed by atoms with E-state index in [0.29, 0.717) is 24.5 Å². The number of benzene rings is 2. The van der Waals surface area contributed by atoms with E-state index in [1.54, 1.807) is 37.5 Å². The highest BCUT2D eigenvalue weighted by Crippen LogP contribution is 2.39. The van der Waals surface area contributed by atoms with Crippen LogP contribution < -0.4 is 4.74 Å². The maximum absolute atomic E-state index is 13.6. The van der Waals surface area contributed by atoms with Gasteiger partial charge in [-0.3, -0.25) is 0 Å². The van der Waals surface area contributed by atoms with Crippen molar-refractivity contribution >= 4 is 16.0 Å². The molecule has 0 fully saturated rings. The van der Waals surface area contributed by atoms with E-state index in [-0.39, 0.29) is 5.03 Å². The minimum absolute atomic E-state index is 0.00200. The Morgan fingerprint density at radius 1 is 1.11 bits per heavy atom. The molecule has 0 radical (unpaired) electrons. The van der Waals surface area contributed by atoms with E-state index < -0.39 is 28.6 Å². The number of rotatable bonds is 8. The number of carbonyl (C=O) groups is 1. The first kappa shape index (κ1) is 25.9. The molecule has 2 aromatic carbocycles. The summed E-state index contributed by atoms with van der Waals surface area (Å²) in [6, 6.07) is 16.6. The second kappa shape index (κ2) is 10.8. The molecule has 4 rings (SSSR count). The Morgan fingerprint density at radius 2 is 1.89 bits per heavy atom. The molecule has 36 heavy (non-hydrogen) atoms. The van der Waals surface area contributed by atoms with Crippen LogP contribution in [0.3, 0.4) is 0 Å². The van der Waals surface area contributed by atoms with Gasteiger partial charge in [0.15, 0.2) is 11.6 Å². The Hall–Kier alpha value is -3.23. The molecule has 190 valence electrons. The van der Waals surface area contributed by atoms with Crippen molar-refractivity contribution in [3.8, 4) is 16.9 Å². The number of pyridine rings is 1. The summed E-state index contributed by atoms with van der Waals surface area (Å²) in [4.78, 5) is 15.4. The monoisotopic (exact) mass is 508 g/mol. The predicted octanol–water partition coefficient (Wildman–Crippen LogP) is 5.42. The summed E-state index contributed by atoms with van der Waals surface area (Å²) < 4.78 is 34.1.